The summed E-state index contributed by atoms with van der Waals surface area (Å²) >= 11 is 5.06. The van der Waals surface area contributed by atoms with Crippen LogP contribution in [0.2, 0.25) is 0 Å². The molecule has 0 saturated carbocycles. The molecule has 0 atom stereocenters. The fourth-order valence-electron chi connectivity index (χ4n) is 2.55. The summed E-state index contributed by atoms with van der Waals surface area (Å²) in [4.78, 5) is 27.2. The SMILES string of the molecule is CN1C(=O)C(=Cc2ccc(OCc3ccc(F)cc3)cc2)C(=O)N(C)C1=S. The summed E-state index contributed by atoms with van der Waals surface area (Å²) in [5, 5.41) is 0.173. The molecule has 0 aliphatic carbocycles. The van der Waals surface area contributed by atoms with E-state index < -0.39 is 11.8 Å². The maximum absolute atomic E-state index is 12.9. The summed E-state index contributed by atoms with van der Waals surface area (Å²) in [6, 6.07) is 13.1. The highest BCUT2D eigenvalue weighted by Crippen LogP contribution is 2.20. The third-order valence-corrected chi connectivity index (χ3v) is 4.70. The van der Waals surface area contributed by atoms with Crippen LogP contribution in [0.15, 0.2) is 54.1 Å². The second-order valence-electron chi connectivity index (χ2n) is 6.05. The zero-order chi connectivity index (χ0) is 19.6. The van der Waals surface area contributed by atoms with Crippen LogP contribution in [-0.2, 0) is 16.2 Å². The van der Waals surface area contributed by atoms with Crippen molar-refractivity contribution in [3.8, 4) is 5.75 Å². The van der Waals surface area contributed by atoms with Crippen molar-refractivity contribution in [1.29, 1.82) is 0 Å². The Morgan fingerprint density at radius 3 is 2.07 bits per heavy atom. The number of nitrogens with zero attached hydrogens (tertiary/aromatic N) is 2. The van der Waals surface area contributed by atoms with Crippen molar-refractivity contribution in [1.82, 2.24) is 9.80 Å². The number of ether oxygens (including phenoxy) is 1. The number of amides is 2. The van der Waals surface area contributed by atoms with Gasteiger partial charge in [-0.3, -0.25) is 19.4 Å². The Bertz CT molecular complexity index is 897. The molecular weight excluding hydrogens is 367 g/mol. The first kappa shape index (κ1) is 18.7. The highest BCUT2D eigenvalue weighted by Gasteiger charge is 2.35. The van der Waals surface area contributed by atoms with Crippen molar-refractivity contribution in [3.63, 3.8) is 0 Å². The first-order valence-corrected chi connectivity index (χ1v) is 8.56. The zero-order valence-corrected chi connectivity index (χ0v) is 15.6. The van der Waals surface area contributed by atoms with E-state index in [1.54, 1.807) is 36.4 Å². The lowest BCUT2D eigenvalue weighted by Crippen LogP contribution is -2.52. The second kappa shape index (κ2) is 7.67. The third kappa shape index (κ3) is 4.03. The molecule has 7 heteroatoms. The van der Waals surface area contributed by atoms with Crippen LogP contribution in [0.1, 0.15) is 11.1 Å². The van der Waals surface area contributed by atoms with E-state index in [2.05, 4.69) is 0 Å². The van der Waals surface area contributed by atoms with Gasteiger partial charge in [0.05, 0.1) is 0 Å². The smallest absolute Gasteiger partial charge is 0.265 e. The lowest BCUT2D eigenvalue weighted by atomic mass is 10.1. The fourth-order valence-corrected chi connectivity index (χ4v) is 2.72. The number of carbonyl (C=O) groups excluding carboxylic acids is 2. The van der Waals surface area contributed by atoms with Gasteiger partial charge in [-0.2, -0.15) is 0 Å². The monoisotopic (exact) mass is 384 g/mol. The molecule has 1 heterocycles. The van der Waals surface area contributed by atoms with Crippen molar-refractivity contribution < 1.29 is 18.7 Å². The Kier molecular flexibility index (Phi) is 5.32. The molecule has 2 amide bonds. The maximum Gasteiger partial charge on any atom is 0.265 e. The standard InChI is InChI=1S/C20H17FN2O3S/c1-22-18(24)17(19(25)23(2)20(22)27)11-13-5-9-16(10-6-13)26-12-14-3-7-15(21)8-4-14/h3-11H,12H2,1-2H3. The van der Waals surface area contributed by atoms with Gasteiger partial charge < -0.3 is 4.74 Å². The molecule has 0 bridgehead atoms. The molecule has 0 aromatic heterocycles. The summed E-state index contributed by atoms with van der Waals surface area (Å²) in [5.41, 5.74) is 1.59. The van der Waals surface area contributed by atoms with Gasteiger partial charge in [-0.15, -0.1) is 0 Å². The average molecular weight is 384 g/mol. The van der Waals surface area contributed by atoms with E-state index in [0.29, 0.717) is 17.9 Å². The third-order valence-electron chi connectivity index (χ3n) is 4.15. The van der Waals surface area contributed by atoms with Crippen LogP contribution >= 0.6 is 12.2 Å². The van der Waals surface area contributed by atoms with E-state index in [9.17, 15) is 14.0 Å². The number of carbonyl (C=O) groups is 2. The van der Waals surface area contributed by atoms with Crippen LogP contribution in [0.25, 0.3) is 6.08 Å². The summed E-state index contributed by atoms with van der Waals surface area (Å²) in [5.74, 6) is -0.530. The van der Waals surface area contributed by atoms with Crippen molar-refractivity contribution in [2.45, 2.75) is 6.61 Å². The molecule has 2 aromatic rings. The van der Waals surface area contributed by atoms with Gasteiger partial charge in [0, 0.05) is 14.1 Å². The molecule has 5 nitrogen and oxygen atoms in total. The predicted molar refractivity (Wildman–Crippen MR) is 103 cm³/mol. The molecule has 27 heavy (non-hydrogen) atoms. The Morgan fingerprint density at radius 1 is 0.963 bits per heavy atom. The Morgan fingerprint density at radius 2 is 1.52 bits per heavy atom. The molecule has 138 valence electrons. The molecule has 2 aromatic carbocycles. The van der Waals surface area contributed by atoms with E-state index in [0.717, 1.165) is 5.56 Å². The minimum atomic E-state index is -0.431. The lowest BCUT2D eigenvalue weighted by molar-refractivity contribution is -0.132. The molecule has 0 radical (unpaired) electrons. The highest BCUT2D eigenvalue weighted by atomic mass is 32.1. The minimum Gasteiger partial charge on any atom is -0.489 e. The fraction of sp³-hybridized carbons (Fsp3) is 0.150. The van der Waals surface area contributed by atoms with Gasteiger partial charge in [0.1, 0.15) is 23.7 Å². The molecular formula is C20H17FN2O3S. The van der Waals surface area contributed by atoms with Crippen LogP contribution in [0, 0.1) is 5.82 Å². The van der Waals surface area contributed by atoms with Crippen LogP contribution < -0.4 is 4.74 Å². The Balaban J connectivity index is 1.72. The highest BCUT2D eigenvalue weighted by molar-refractivity contribution is 7.80. The summed E-state index contributed by atoms with van der Waals surface area (Å²) < 4.78 is 18.6. The van der Waals surface area contributed by atoms with E-state index in [1.165, 1.54) is 42.1 Å². The molecule has 0 N–H and O–H groups in total. The number of hydrogen-bond donors (Lipinski definition) is 0. The normalized spacial score (nSPS) is 14.6. The number of halogens is 1. The summed E-state index contributed by atoms with van der Waals surface area (Å²) in [6.45, 7) is 0.310. The van der Waals surface area contributed by atoms with E-state index in [4.69, 9.17) is 17.0 Å². The first-order valence-electron chi connectivity index (χ1n) is 8.16. The van der Waals surface area contributed by atoms with Crippen molar-refractivity contribution in [2.75, 3.05) is 14.1 Å². The van der Waals surface area contributed by atoms with Gasteiger partial charge in [0.2, 0.25) is 0 Å². The molecule has 1 aliphatic heterocycles. The van der Waals surface area contributed by atoms with Crippen molar-refractivity contribution >= 4 is 35.2 Å². The van der Waals surface area contributed by atoms with E-state index in [1.807, 2.05) is 0 Å². The molecule has 3 rings (SSSR count). The van der Waals surface area contributed by atoms with Gasteiger partial charge in [0.15, 0.2) is 5.11 Å². The van der Waals surface area contributed by atoms with Gasteiger partial charge in [0.25, 0.3) is 11.8 Å². The second-order valence-corrected chi connectivity index (χ2v) is 6.42. The van der Waals surface area contributed by atoms with Crippen LogP contribution in [-0.4, -0.2) is 40.8 Å². The van der Waals surface area contributed by atoms with Crippen LogP contribution in [0.4, 0.5) is 4.39 Å². The first-order chi connectivity index (χ1) is 12.9. The van der Waals surface area contributed by atoms with Gasteiger partial charge in [-0.05, 0) is 53.7 Å². The molecule has 1 aliphatic rings. The largest absolute Gasteiger partial charge is 0.489 e. The molecule has 1 saturated heterocycles. The minimum absolute atomic E-state index is 0.0496. The average Bonchev–Trinajstić information content (AvgIpc) is 2.69. The van der Waals surface area contributed by atoms with E-state index in [-0.39, 0.29) is 16.5 Å². The number of hydrogen-bond acceptors (Lipinski definition) is 4. The van der Waals surface area contributed by atoms with Crippen molar-refractivity contribution in [2.24, 2.45) is 0 Å². The summed E-state index contributed by atoms with van der Waals surface area (Å²) in [6.07, 6.45) is 1.53. The topological polar surface area (TPSA) is 49.9 Å². The molecule has 1 fully saturated rings. The van der Waals surface area contributed by atoms with Gasteiger partial charge >= 0.3 is 0 Å². The van der Waals surface area contributed by atoms with Crippen molar-refractivity contribution in [3.05, 3.63) is 71.0 Å². The lowest BCUT2D eigenvalue weighted by Gasteiger charge is -2.31. The van der Waals surface area contributed by atoms with Crippen LogP contribution in [0.3, 0.4) is 0 Å². The Hall–Kier alpha value is -3.06. The number of thiocarbonyl (C=S) groups is 1. The molecule has 0 unspecified atom stereocenters. The number of likely N-dealkylation sites (N-methyl/N-ethyl adjacent to an activating group) is 2. The van der Waals surface area contributed by atoms with Gasteiger partial charge in [-0.25, -0.2) is 4.39 Å². The zero-order valence-electron chi connectivity index (χ0n) is 14.8. The Labute approximate surface area is 161 Å². The quantitative estimate of drug-likeness (QED) is 0.462. The van der Waals surface area contributed by atoms with Gasteiger partial charge in [-0.1, -0.05) is 24.3 Å². The van der Waals surface area contributed by atoms with Crippen LogP contribution in [0.5, 0.6) is 5.75 Å². The maximum atomic E-state index is 12.9. The number of benzene rings is 2. The van der Waals surface area contributed by atoms with E-state index >= 15 is 0 Å². The predicted octanol–water partition coefficient (Wildman–Crippen LogP) is 3.00. The summed E-state index contributed by atoms with van der Waals surface area (Å²) in [7, 11) is 3.07. The number of rotatable bonds is 4. The molecule has 0 spiro atoms.